The smallest absolute Gasteiger partial charge is 0.177 e. The number of aromatic nitrogens is 4. The topological polar surface area (TPSA) is 78.8 Å². The van der Waals surface area contributed by atoms with Crippen molar-refractivity contribution in [2.24, 2.45) is 0 Å². The first-order valence-electron chi connectivity index (χ1n) is 7.73. The fourth-order valence-corrected chi connectivity index (χ4v) is 2.67. The van der Waals surface area contributed by atoms with Crippen LogP contribution in [-0.2, 0) is 10.3 Å². The van der Waals surface area contributed by atoms with Gasteiger partial charge in [-0.25, -0.2) is 14.6 Å². The van der Waals surface area contributed by atoms with Gasteiger partial charge in [-0.15, -0.1) is 0 Å². The van der Waals surface area contributed by atoms with Crippen molar-refractivity contribution in [3.05, 3.63) is 24.0 Å². The molecule has 0 bridgehead atoms. The molecule has 2 aromatic rings. The van der Waals surface area contributed by atoms with Crippen molar-refractivity contribution in [2.75, 3.05) is 18.9 Å². The van der Waals surface area contributed by atoms with E-state index in [4.69, 9.17) is 20.6 Å². The molecule has 6 nitrogen and oxygen atoms in total. The van der Waals surface area contributed by atoms with Crippen LogP contribution in [0.15, 0.2) is 18.2 Å². The Bertz CT molecular complexity index is 653. The van der Waals surface area contributed by atoms with E-state index < -0.39 is 0 Å². The molecule has 1 saturated heterocycles. The first-order valence-corrected chi connectivity index (χ1v) is 7.73. The van der Waals surface area contributed by atoms with Gasteiger partial charge in [0.1, 0.15) is 11.5 Å². The lowest BCUT2D eigenvalue weighted by Gasteiger charge is -2.21. The highest BCUT2D eigenvalue weighted by molar-refractivity contribution is 5.53. The summed E-state index contributed by atoms with van der Waals surface area (Å²) in [7, 11) is 0. The number of ether oxygens (including phenoxy) is 1. The average Bonchev–Trinajstić information content (AvgIpc) is 2.93. The number of rotatable bonds is 2. The maximum Gasteiger partial charge on any atom is 0.177 e. The SMILES string of the molecule is CC(C)(C)n1nc(C2CCOCC2)nc1-c1cccc(N)n1. The van der Waals surface area contributed by atoms with Crippen LogP contribution in [0, 0.1) is 0 Å². The van der Waals surface area contributed by atoms with Crippen molar-refractivity contribution in [3.63, 3.8) is 0 Å². The molecule has 22 heavy (non-hydrogen) atoms. The van der Waals surface area contributed by atoms with Crippen molar-refractivity contribution in [2.45, 2.75) is 45.1 Å². The second-order valence-corrected chi connectivity index (χ2v) is 6.71. The largest absolute Gasteiger partial charge is 0.384 e. The van der Waals surface area contributed by atoms with E-state index in [2.05, 4.69) is 25.8 Å². The van der Waals surface area contributed by atoms with Crippen molar-refractivity contribution in [1.29, 1.82) is 0 Å². The zero-order chi connectivity index (χ0) is 15.7. The van der Waals surface area contributed by atoms with Crippen LogP contribution in [0.3, 0.4) is 0 Å². The first kappa shape index (κ1) is 15.0. The highest BCUT2D eigenvalue weighted by Crippen LogP contribution is 2.29. The third kappa shape index (κ3) is 2.97. The van der Waals surface area contributed by atoms with Gasteiger partial charge in [0.15, 0.2) is 11.6 Å². The predicted molar refractivity (Wildman–Crippen MR) is 85.5 cm³/mol. The van der Waals surface area contributed by atoms with E-state index in [1.54, 1.807) is 6.07 Å². The van der Waals surface area contributed by atoms with Crippen LogP contribution in [0.4, 0.5) is 5.82 Å². The van der Waals surface area contributed by atoms with E-state index in [-0.39, 0.29) is 5.54 Å². The minimum Gasteiger partial charge on any atom is -0.384 e. The van der Waals surface area contributed by atoms with Crippen molar-refractivity contribution in [1.82, 2.24) is 19.7 Å². The van der Waals surface area contributed by atoms with E-state index in [0.29, 0.717) is 11.7 Å². The summed E-state index contributed by atoms with van der Waals surface area (Å²) >= 11 is 0. The first-order chi connectivity index (χ1) is 10.4. The van der Waals surface area contributed by atoms with Crippen molar-refractivity contribution >= 4 is 5.82 Å². The molecule has 118 valence electrons. The zero-order valence-corrected chi connectivity index (χ0v) is 13.4. The molecule has 0 radical (unpaired) electrons. The van der Waals surface area contributed by atoms with Crippen LogP contribution < -0.4 is 5.73 Å². The lowest BCUT2D eigenvalue weighted by molar-refractivity contribution is 0.0834. The fourth-order valence-electron chi connectivity index (χ4n) is 2.67. The summed E-state index contributed by atoms with van der Waals surface area (Å²) in [5.41, 5.74) is 6.42. The summed E-state index contributed by atoms with van der Waals surface area (Å²) in [4.78, 5) is 9.20. The standard InChI is InChI=1S/C16H23N5O/c1-16(2,3)21-15(12-5-4-6-13(17)18-12)19-14(20-21)11-7-9-22-10-8-11/h4-6,11H,7-10H2,1-3H3,(H2,17,18). The van der Waals surface area contributed by atoms with Gasteiger partial charge in [0.05, 0.1) is 5.54 Å². The van der Waals surface area contributed by atoms with Crippen LogP contribution in [0.1, 0.15) is 45.4 Å². The fraction of sp³-hybridized carbons (Fsp3) is 0.562. The maximum absolute atomic E-state index is 5.82. The zero-order valence-electron chi connectivity index (χ0n) is 13.4. The molecule has 0 saturated carbocycles. The molecular formula is C16H23N5O. The Morgan fingerprint density at radius 3 is 2.55 bits per heavy atom. The summed E-state index contributed by atoms with van der Waals surface area (Å²) in [6, 6.07) is 5.60. The molecule has 1 fully saturated rings. The van der Waals surface area contributed by atoms with Gasteiger partial charge in [-0.1, -0.05) is 6.07 Å². The minimum atomic E-state index is -0.169. The van der Waals surface area contributed by atoms with Gasteiger partial charge in [0.2, 0.25) is 0 Å². The minimum absolute atomic E-state index is 0.169. The van der Waals surface area contributed by atoms with Crippen LogP contribution >= 0.6 is 0 Å². The monoisotopic (exact) mass is 301 g/mol. The van der Waals surface area contributed by atoms with Gasteiger partial charge in [-0.2, -0.15) is 5.10 Å². The summed E-state index contributed by atoms with van der Waals surface area (Å²) in [6.07, 6.45) is 1.94. The normalized spacial score (nSPS) is 16.9. The second-order valence-electron chi connectivity index (χ2n) is 6.71. The van der Waals surface area contributed by atoms with E-state index in [1.807, 2.05) is 16.8 Å². The highest BCUT2D eigenvalue weighted by atomic mass is 16.5. The maximum atomic E-state index is 5.82. The predicted octanol–water partition coefficient (Wildman–Crippen LogP) is 2.57. The van der Waals surface area contributed by atoms with E-state index in [9.17, 15) is 0 Å². The van der Waals surface area contributed by atoms with Crippen LogP contribution in [0.25, 0.3) is 11.5 Å². The molecule has 2 aromatic heterocycles. The van der Waals surface area contributed by atoms with E-state index in [0.717, 1.165) is 43.4 Å². The molecule has 0 amide bonds. The van der Waals surface area contributed by atoms with Gasteiger partial charge >= 0.3 is 0 Å². The number of nitrogens with two attached hydrogens (primary N) is 1. The second kappa shape index (κ2) is 5.68. The third-order valence-electron chi connectivity index (χ3n) is 3.85. The highest BCUT2D eigenvalue weighted by Gasteiger charge is 2.27. The number of nitrogen functional groups attached to an aromatic ring is 1. The molecule has 2 N–H and O–H groups in total. The average molecular weight is 301 g/mol. The Balaban J connectivity index is 2.05. The molecule has 3 rings (SSSR count). The molecule has 0 aliphatic carbocycles. The molecule has 6 heteroatoms. The molecule has 0 atom stereocenters. The van der Waals surface area contributed by atoms with Gasteiger partial charge in [-0.3, -0.25) is 0 Å². The Kier molecular flexibility index (Phi) is 3.87. The van der Waals surface area contributed by atoms with Crippen LogP contribution in [0.5, 0.6) is 0 Å². The van der Waals surface area contributed by atoms with E-state index >= 15 is 0 Å². The summed E-state index contributed by atoms with van der Waals surface area (Å²) in [6.45, 7) is 7.91. The van der Waals surface area contributed by atoms with Crippen molar-refractivity contribution in [3.8, 4) is 11.5 Å². The lowest BCUT2D eigenvalue weighted by Crippen LogP contribution is -2.25. The Hall–Kier alpha value is -1.95. The molecule has 1 aliphatic heterocycles. The Labute approximate surface area is 130 Å². The number of anilines is 1. The number of hydrogen-bond donors (Lipinski definition) is 1. The van der Waals surface area contributed by atoms with Gasteiger partial charge in [-0.05, 0) is 45.7 Å². The molecular weight excluding hydrogens is 278 g/mol. The van der Waals surface area contributed by atoms with Gasteiger partial charge < -0.3 is 10.5 Å². The van der Waals surface area contributed by atoms with Crippen molar-refractivity contribution < 1.29 is 4.74 Å². The number of hydrogen-bond acceptors (Lipinski definition) is 5. The Morgan fingerprint density at radius 2 is 1.91 bits per heavy atom. The summed E-state index contributed by atoms with van der Waals surface area (Å²) in [5, 5.41) is 4.78. The number of nitrogens with zero attached hydrogens (tertiary/aromatic N) is 4. The quantitative estimate of drug-likeness (QED) is 0.922. The molecule has 0 unspecified atom stereocenters. The van der Waals surface area contributed by atoms with E-state index in [1.165, 1.54) is 0 Å². The Morgan fingerprint density at radius 1 is 1.18 bits per heavy atom. The molecule has 0 aromatic carbocycles. The van der Waals surface area contributed by atoms with Crippen LogP contribution in [-0.4, -0.2) is 33.0 Å². The molecule has 1 aliphatic rings. The number of pyridine rings is 1. The van der Waals surface area contributed by atoms with Gasteiger partial charge in [0.25, 0.3) is 0 Å². The summed E-state index contributed by atoms with van der Waals surface area (Å²) < 4.78 is 7.39. The van der Waals surface area contributed by atoms with Gasteiger partial charge in [0, 0.05) is 19.1 Å². The summed E-state index contributed by atoms with van der Waals surface area (Å²) in [5.74, 6) is 2.52. The van der Waals surface area contributed by atoms with Crippen LogP contribution in [0.2, 0.25) is 0 Å². The third-order valence-corrected chi connectivity index (χ3v) is 3.85. The lowest BCUT2D eigenvalue weighted by atomic mass is 10.00. The molecule has 3 heterocycles. The molecule has 0 spiro atoms.